The molecule has 8 heteroatoms. The lowest BCUT2D eigenvalue weighted by atomic mass is 9.85. The minimum atomic E-state index is -0.453. The van der Waals surface area contributed by atoms with Gasteiger partial charge >= 0.3 is 5.97 Å². The number of aromatic hydroxyl groups is 1. The van der Waals surface area contributed by atoms with Gasteiger partial charge in [-0.25, -0.2) is 0 Å². The highest BCUT2D eigenvalue weighted by Gasteiger charge is 2.34. The van der Waals surface area contributed by atoms with E-state index in [-0.39, 0.29) is 24.4 Å². The van der Waals surface area contributed by atoms with Gasteiger partial charge in [-0.1, -0.05) is 12.1 Å². The fourth-order valence-corrected chi connectivity index (χ4v) is 4.53. The zero-order valence-corrected chi connectivity index (χ0v) is 18.0. The maximum absolute atomic E-state index is 13.4. The summed E-state index contributed by atoms with van der Waals surface area (Å²) in [5, 5.41) is 9.92. The molecule has 2 aliphatic heterocycles. The molecule has 1 aromatic heterocycles. The first kappa shape index (κ1) is 20.2. The van der Waals surface area contributed by atoms with E-state index in [1.54, 1.807) is 36.4 Å². The Balaban J connectivity index is 1.55. The van der Waals surface area contributed by atoms with Crippen molar-refractivity contribution in [2.75, 3.05) is 13.9 Å². The summed E-state index contributed by atoms with van der Waals surface area (Å²) < 4.78 is 28.0. The molecule has 3 heterocycles. The second-order valence-corrected chi connectivity index (χ2v) is 8.07. The number of rotatable bonds is 3. The Morgan fingerprint density at radius 2 is 1.82 bits per heavy atom. The maximum Gasteiger partial charge on any atom is 0.312 e. The fraction of sp³-hybridized carbons (Fsp3) is 0.154. The first-order valence-corrected chi connectivity index (χ1v) is 10.6. The Morgan fingerprint density at radius 1 is 1.00 bits per heavy atom. The lowest BCUT2D eigenvalue weighted by Gasteiger charge is -2.26. The van der Waals surface area contributed by atoms with Gasteiger partial charge in [-0.05, 0) is 47.5 Å². The van der Waals surface area contributed by atoms with E-state index in [4.69, 9.17) is 23.4 Å². The number of hydrogen-bond donors (Lipinski definition) is 1. The SMILES string of the molecule is COc1cc(C2CC(=O)Oc3ccc4c(=O)c(-c5ccc(O)cc5)coc4c32)cc2c1OCO2. The van der Waals surface area contributed by atoms with Gasteiger partial charge in [0.15, 0.2) is 11.5 Å². The standard InChI is InChI=1S/C26H18O8/c1-30-20-8-14(9-21-26(20)33-12-32-21)17-10-22(28)34-19-7-6-16-24(29)18(11-31-25(16)23(17)19)13-2-4-15(27)5-3-13/h2-9,11,17,27H,10,12H2,1H3. The van der Waals surface area contributed by atoms with Gasteiger partial charge in [-0.3, -0.25) is 9.59 Å². The van der Waals surface area contributed by atoms with Gasteiger partial charge in [0.1, 0.15) is 23.3 Å². The molecule has 0 saturated heterocycles. The van der Waals surface area contributed by atoms with E-state index >= 15 is 0 Å². The van der Waals surface area contributed by atoms with Crippen molar-refractivity contribution in [3.8, 4) is 39.9 Å². The predicted octanol–water partition coefficient (Wildman–Crippen LogP) is 4.34. The number of ether oxygens (including phenoxy) is 4. The van der Waals surface area contributed by atoms with E-state index in [9.17, 15) is 14.7 Å². The van der Waals surface area contributed by atoms with Crippen molar-refractivity contribution in [3.05, 3.63) is 76.1 Å². The van der Waals surface area contributed by atoms with Gasteiger partial charge in [0, 0.05) is 11.5 Å². The van der Waals surface area contributed by atoms with Gasteiger partial charge in [0.25, 0.3) is 0 Å². The van der Waals surface area contributed by atoms with Crippen LogP contribution in [-0.4, -0.2) is 25.0 Å². The highest BCUT2D eigenvalue weighted by atomic mass is 16.7. The van der Waals surface area contributed by atoms with Crippen molar-refractivity contribution in [3.63, 3.8) is 0 Å². The first-order chi connectivity index (χ1) is 16.5. The molecule has 34 heavy (non-hydrogen) atoms. The second kappa shape index (κ2) is 7.55. The summed E-state index contributed by atoms with van der Waals surface area (Å²) in [5.41, 5.74) is 2.45. The molecule has 0 fully saturated rings. The third-order valence-electron chi connectivity index (χ3n) is 6.14. The summed E-state index contributed by atoms with van der Waals surface area (Å²) in [6, 6.07) is 13.1. The summed E-state index contributed by atoms with van der Waals surface area (Å²) in [4.78, 5) is 25.8. The third-order valence-corrected chi connectivity index (χ3v) is 6.14. The quantitative estimate of drug-likeness (QED) is 0.357. The zero-order valence-electron chi connectivity index (χ0n) is 18.0. The highest BCUT2D eigenvalue weighted by Crippen LogP contribution is 2.48. The maximum atomic E-state index is 13.4. The number of methoxy groups -OCH3 is 1. The van der Waals surface area contributed by atoms with Gasteiger partial charge in [-0.2, -0.15) is 0 Å². The summed E-state index contributed by atoms with van der Waals surface area (Å²) in [7, 11) is 1.53. The Hall–Kier alpha value is -4.46. The highest BCUT2D eigenvalue weighted by molar-refractivity contribution is 5.90. The molecular weight excluding hydrogens is 440 g/mol. The van der Waals surface area contributed by atoms with Crippen molar-refractivity contribution in [1.82, 2.24) is 0 Å². The Labute approximate surface area is 192 Å². The largest absolute Gasteiger partial charge is 0.508 e. The molecule has 2 aliphatic rings. The lowest BCUT2D eigenvalue weighted by Crippen LogP contribution is -2.22. The van der Waals surface area contributed by atoms with Crippen LogP contribution in [0.4, 0.5) is 0 Å². The number of hydrogen-bond acceptors (Lipinski definition) is 8. The molecule has 1 N–H and O–H groups in total. The van der Waals surface area contributed by atoms with Crippen molar-refractivity contribution < 1.29 is 33.3 Å². The molecule has 6 rings (SSSR count). The minimum absolute atomic E-state index is 0.0539. The van der Waals surface area contributed by atoms with E-state index in [0.29, 0.717) is 50.7 Å². The molecule has 0 radical (unpaired) electrons. The number of phenols is 1. The topological polar surface area (TPSA) is 104 Å². The molecule has 0 saturated carbocycles. The van der Waals surface area contributed by atoms with Gasteiger partial charge in [0.2, 0.25) is 18.0 Å². The van der Waals surface area contributed by atoms with Crippen LogP contribution < -0.4 is 24.4 Å². The monoisotopic (exact) mass is 458 g/mol. The molecule has 0 bridgehead atoms. The average Bonchev–Trinajstić information content (AvgIpc) is 3.32. The molecular formula is C26H18O8. The Kier molecular flexibility index (Phi) is 4.48. The normalized spacial score (nSPS) is 16.3. The van der Waals surface area contributed by atoms with Crippen LogP contribution in [-0.2, 0) is 4.79 Å². The van der Waals surface area contributed by atoms with E-state index in [1.165, 1.54) is 25.5 Å². The summed E-state index contributed by atoms with van der Waals surface area (Å²) in [5.74, 6) is 1.11. The van der Waals surface area contributed by atoms with E-state index in [1.807, 2.05) is 0 Å². The zero-order chi connectivity index (χ0) is 23.4. The summed E-state index contributed by atoms with van der Waals surface area (Å²) in [6.45, 7) is 0.0796. The van der Waals surface area contributed by atoms with Crippen LogP contribution >= 0.6 is 0 Å². The fourth-order valence-electron chi connectivity index (χ4n) is 4.53. The number of phenolic OH excluding ortho intramolecular Hbond substituents is 1. The third kappa shape index (κ3) is 3.07. The minimum Gasteiger partial charge on any atom is -0.508 e. The molecule has 170 valence electrons. The van der Waals surface area contributed by atoms with Crippen LogP contribution in [0.2, 0.25) is 0 Å². The van der Waals surface area contributed by atoms with E-state index < -0.39 is 11.9 Å². The molecule has 0 amide bonds. The molecule has 1 unspecified atom stereocenters. The number of carbonyl (C=O) groups excluding carboxylic acids is 1. The van der Waals surface area contributed by atoms with Gasteiger partial charge < -0.3 is 28.5 Å². The van der Waals surface area contributed by atoms with Crippen molar-refractivity contribution >= 4 is 16.9 Å². The number of carbonyl (C=O) groups is 1. The molecule has 1 atom stereocenters. The summed E-state index contributed by atoms with van der Waals surface area (Å²) >= 11 is 0. The molecule has 0 spiro atoms. The van der Waals surface area contributed by atoms with E-state index in [2.05, 4.69) is 0 Å². The second-order valence-electron chi connectivity index (χ2n) is 8.07. The lowest BCUT2D eigenvalue weighted by molar-refractivity contribution is -0.135. The van der Waals surface area contributed by atoms with Crippen LogP contribution in [0.5, 0.6) is 28.7 Å². The predicted molar refractivity (Wildman–Crippen MR) is 121 cm³/mol. The van der Waals surface area contributed by atoms with Crippen LogP contribution in [0, 0.1) is 0 Å². The van der Waals surface area contributed by atoms with Gasteiger partial charge in [-0.15, -0.1) is 0 Å². The van der Waals surface area contributed by atoms with E-state index in [0.717, 1.165) is 5.56 Å². The molecule has 0 aliphatic carbocycles. The number of benzene rings is 3. The van der Waals surface area contributed by atoms with Crippen LogP contribution in [0.15, 0.2) is 64.0 Å². The molecule has 3 aromatic carbocycles. The number of fused-ring (bicyclic) bond motifs is 4. The van der Waals surface area contributed by atoms with Crippen molar-refractivity contribution in [2.24, 2.45) is 0 Å². The van der Waals surface area contributed by atoms with Gasteiger partial charge in [0.05, 0.1) is 24.5 Å². The Bertz CT molecular complexity index is 1520. The van der Waals surface area contributed by atoms with Crippen LogP contribution in [0.1, 0.15) is 23.5 Å². The van der Waals surface area contributed by atoms with Crippen LogP contribution in [0.3, 0.4) is 0 Å². The number of esters is 1. The van der Waals surface area contributed by atoms with Crippen LogP contribution in [0.25, 0.3) is 22.1 Å². The van der Waals surface area contributed by atoms with Crippen molar-refractivity contribution in [2.45, 2.75) is 12.3 Å². The Morgan fingerprint density at radius 3 is 2.62 bits per heavy atom. The smallest absolute Gasteiger partial charge is 0.312 e. The molecule has 4 aromatic rings. The summed E-state index contributed by atoms with van der Waals surface area (Å²) in [6.07, 6.45) is 1.45. The first-order valence-electron chi connectivity index (χ1n) is 10.6. The van der Waals surface area contributed by atoms with Crippen molar-refractivity contribution in [1.29, 1.82) is 0 Å². The average molecular weight is 458 g/mol. The molecule has 8 nitrogen and oxygen atoms in total.